The lowest BCUT2D eigenvalue weighted by molar-refractivity contribution is 0.449. The van der Waals surface area contributed by atoms with Crippen molar-refractivity contribution in [3.63, 3.8) is 0 Å². The molecule has 0 heterocycles. The van der Waals surface area contributed by atoms with Gasteiger partial charge in [-0.25, -0.2) is 0 Å². The Hall–Kier alpha value is 0.0649. The van der Waals surface area contributed by atoms with Gasteiger partial charge in [0.05, 0.1) is 7.85 Å². The van der Waals surface area contributed by atoms with Gasteiger partial charge in [-0.15, -0.1) is 0 Å². The van der Waals surface area contributed by atoms with E-state index in [1.165, 1.54) is 19.3 Å². The Balaban J connectivity index is 3.43. The molecule has 1 heteroatoms. The van der Waals surface area contributed by atoms with E-state index in [0.29, 0.717) is 5.82 Å². The third kappa shape index (κ3) is 6.46. The lowest BCUT2D eigenvalue weighted by atomic mass is 9.75. The molecule has 0 aliphatic heterocycles. The van der Waals surface area contributed by atoms with Gasteiger partial charge in [-0.1, -0.05) is 52.8 Å². The van der Waals surface area contributed by atoms with Crippen molar-refractivity contribution in [1.82, 2.24) is 0 Å². The second-order valence-electron chi connectivity index (χ2n) is 4.14. The molecule has 0 bridgehead atoms. The van der Waals surface area contributed by atoms with E-state index in [1.807, 2.05) is 0 Å². The van der Waals surface area contributed by atoms with Gasteiger partial charge >= 0.3 is 0 Å². The summed E-state index contributed by atoms with van der Waals surface area (Å²) in [7, 11) is 5.95. The molecular formula is C10H21B. The minimum atomic E-state index is 0.421. The fourth-order valence-electron chi connectivity index (χ4n) is 1.39. The molecule has 64 valence electrons. The molecule has 0 amide bonds. The van der Waals surface area contributed by atoms with E-state index in [-0.39, 0.29) is 0 Å². The Bertz CT molecular complexity index is 88.9. The van der Waals surface area contributed by atoms with Gasteiger partial charge in [-0.05, 0) is 11.8 Å². The molecule has 0 aromatic rings. The van der Waals surface area contributed by atoms with Crippen LogP contribution in [0.15, 0.2) is 0 Å². The molecular weight excluding hydrogens is 131 g/mol. The van der Waals surface area contributed by atoms with Gasteiger partial charge in [-0.2, -0.15) is 0 Å². The maximum Gasteiger partial charge on any atom is 0.0699 e. The summed E-state index contributed by atoms with van der Waals surface area (Å²) in [6, 6.07) is 0. The largest absolute Gasteiger partial charge is 0.0769 e. The molecule has 11 heavy (non-hydrogen) atoms. The van der Waals surface area contributed by atoms with Gasteiger partial charge in [0.1, 0.15) is 0 Å². The van der Waals surface area contributed by atoms with Crippen LogP contribution in [0.4, 0.5) is 0 Å². The summed E-state index contributed by atoms with van der Waals surface area (Å²) in [5, 5.41) is 0. The van der Waals surface area contributed by atoms with E-state index in [2.05, 4.69) is 27.7 Å². The first-order chi connectivity index (χ1) is 5.06. The molecule has 0 aromatic carbocycles. The fourth-order valence-corrected chi connectivity index (χ4v) is 1.39. The lowest BCUT2D eigenvalue weighted by Gasteiger charge is -2.17. The average molecular weight is 152 g/mol. The zero-order chi connectivity index (χ0) is 8.85. The van der Waals surface area contributed by atoms with Crippen LogP contribution in [-0.2, 0) is 0 Å². The van der Waals surface area contributed by atoms with Gasteiger partial charge in [0.15, 0.2) is 0 Å². The monoisotopic (exact) mass is 152 g/mol. The van der Waals surface area contributed by atoms with Crippen LogP contribution in [0, 0.1) is 11.8 Å². The Kier molecular flexibility index (Phi) is 5.72. The van der Waals surface area contributed by atoms with E-state index >= 15 is 0 Å². The van der Waals surface area contributed by atoms with Crippen LogP contribution in [-0.4, -0.2) is 7.85 Å². The smallest absolute Gasteiger partial charge is 0.0699 e. The van der Waals surface area contributed by atoms with Crippen LogP contribution in [0.1, 0.15) is 47.0 Å². The Morgan fingerprint density at radius 2 is 1.64 bits per heavy atom. The van der Waals surface area contributed by atoms with E-state index < -0.39 is 0 Å². The first kappa shape index (κ1) is 11.1. The first-order valence-corrected chi connectivity index (χ1v) is 4.81. The summed E-state index contributed by atoms with van der Waals surface area (Å²) in [6.45, 7) is 8.97. The average Bonchev–Trinajstić information content (AvgIpc) is 1.85. The summed E-state index contributed by atoms with van der Waals surface area (Å²) < 4.78 is 0. The van der Waals surface area contributed by atoms with E-state index in [0.717, 1.165) is 11.8 Å². The Morgan fingerprint density at radius 3 is 2.00 bits per heavy atom. The molecule has 2 radical (unpaired) electrons. The molecule has 0 saturated heterocycles. The van der Waals surface area contributed by atoms with Crippen LogP contribution in [0.5, 0.6) is 0 Å². The van der Waals surface area contributed by atoms with Gasteiger partial charge in [0.25, 0.3) is 0 Å². The standard InChI is InChI=1S/C10H21B/c1-5-9(4)7-10(11)6-8(2)3/h8-10H,5-7H2,1-4H3. The molecule has 0 saturated carbocycles. The zero-order valence-electron chi connectivity index (χ0n) is 8.43. The summed E-state index contributed by atoms with van der Waals surface area (Å²) >= 11 is 0. The van der Waals surface area contributed by atoms with Crippen molar-refractivity contribution in [2.75, 3.05) is 0 Å². The molecule has 0 rings (SSSR count). The molecule has 0 N–H and O–H groups in total. The van der Waals surface area contributed by atoms with Gasteiger partial charge < -0.3 is 0 Å². The van der Waals surface area contributed by atoms with E-state index in [4.69, 9.17) is 7.85 Å². The van der Waals surface area contributed by atoms with E-state index in [9.17, 15) is 0 Å². The minimum absolute atomic E-state index is 0.421. The predicted octanol–water partition coefficient (Wildman–Crippen LogP) is 3.43. The number of rotatable bonds is 5. The maximum absolute atomic E-state index is 5.95. The number of hydrogen-bond acceptors (Lipinski definition) is 0. The third-order valence-electron chi connectivity index (χ3n) is 2.18. The maximum atomic E-state index is 5.95. The molecule has 0 aliphatic rings. The lowest BCUT2D eigenvalue weighted by Crippen LogP contribution is -2.03. The van der Waals surface area contributed by atoms with Crippen LogP contribution >= 0.6 is 0 Å². The van der Waals surface area contributed by atoms with Crippen molar-refractivity contribution in [3.8, 4) is 0 Å². The first-order valence-electron chi connectivity index (χ1n) is 4.81. The van der Waals surface area contributed by atoms with E-state index in [1.54, 1.807) is 0 Å². The summed E-state index contributed by atoms with van der Waals surface area (Å²) in [5.74, 6) is 1.96. The SMILES string of the molecule is [B]C(CC(C)C)CC(C)CC. The molecule has 0 aliphatic carbocycles. The number of hydrogen-bond donors (Lipinski definition) is 0. The molecule has 2 unspecified atom stereocenters. The van der Waals surface area contributed by atoms with Crippen molar-refractivity contribution >= 4 is 7.85 Å². The quantitative estimate of drug-likeness (QED) is 0.529. The van der Waals surface area contributed by atoms with Crippen molar-refractivity contribution in [2.24, 2.45) is 11.8 Å². The summed E-state index contributed by atoms with van der Waals surface area (Å²) in [4.78, 5) is 0. The van der Waals surface area contributed by atoms with Crippen LogP contribution in [0.3, 0.4) is 0 Å². The molecule has 2 atom stereocenters. The van der Waals surface area contributed by atoms with Crippen molar-refractivity contribution in [1.29, 1.82) is 0 Å². The highest BCUT2D eigenvalue weighted by molar-refractivity contribution is 6.11. The van der Waals surface area contributed by atoms with Gasteiger partial charge in [-0.3, -0.25) is 0 Å². The molecule has 0 fully saturated rings. The zero-order valence-corrected chi connectivity index (χ0v) is 8.43. The molecule has 0 nitrogen and oxygen atoms in total. The highest BCUT2D eigenvalue weighted by atomic mass is 14.1. The predicted molar refractivity (Wildman–Crippen MR) is 53.0 cm³/mol. The van der Waals surface area contributed by atoms with Gasteiger partial charge in [0, 0.05) is 0 Å². The highest BCUT2D eigenvalue weighted by Crippen LogP contribution is 2.23. The summed E-state index contributed by atoms with van der Waals surface area (Å²) in [5.41, 5.74) is 0. The second kappa shape index (κ2) is 5.68. The van der Waals surface area contributed by atoms with Gasteiger partial charge in [0.2, 0.25) is 0 Å². The topological polar surface area (TPSA) is 0 Å². The molecule has 0 aromatic heterocycles. The van der Waals surface area contributed by atoms with Crippen LogP contribution < -0.4 is 0 Å². The van der Waals surface area contributed by atoms with Crippen molar-refractivity contribution < 1.29 is 0 Å². The Labute approximate surface area is 73.2 Å². The van der Waals surface area contributed by atoms with Crippen molar-refractivity contribution in [2.45, 2.75) is 52.8 Å². The Morgan fingerprint density at radius 1 is 1.09 bits per heavy atom. The van der Waals surface area contributed by atoms with Crippen molar-refractivity contribution in [3.05, 3.63) is 0 Å². The van der Waals surface area contributed by atoms with Crippen LogP contribution in [0.25, 0.3) is 0 Å². The minimum Gasteiger partial charge on any atom is -0.0769 e. The second-order valence-corrected chi connectivity index (χ2v) is 4.14. The normalized spacial score (nSPS) is 16.8. The van der Waals surface area contributed by atoms with Crippen LogP contribution in [0.2, 0.25) is 5.82 Å². The molecule has 0 spiro atoms. The highest BCUT2D eigenvalue weighted by Gasteiger charge is 2.07. The fraction of sp³-hybridized carbons (Fsp3) is 1.00. The summed E-state index contributed by atoms with van der Waals surface area (Å²) in [6.07, 6.45) is 3.62. The third-order valence-corrected chi connectivity index (χ3v) is 2.18.